The molecule has 0 heterocycles. The fourth-order valence-electron chi connectivity index (χ4n) is 6.73. The zero-order valence-corrected chi connectivity index (χ0v) is 29.9. The molecule has 2 aliphatic rings. The third-order valence-corrected chi connectivity index (χ3v) is 10.6. The maximum atomic E-state index is 13.6. The standard InChI is InChI=1S/C39H54O9/c1-9-27-11-15-29(16-12-27)35(40)47-45-33-23-31(25(3)4)19-21-38(33,7)43-37(42)44-39(8)22-20-32(26(5)6)24-34(39)46-48-36(41)30-17-13-28(10-2)14-18-30/h11-18,25-26,31-34H,9-10,19-24H2,1-8H3. The first kappa shape index (κ1) is 37.4. The van der Waals surface area contributed by atoms with Crippen LogP contribution in [0.3, 0.4) is 0 Å². The molecule has 0 aliphatic heterocycles. The second kappa shape index (κ2) is 16.3. The first-order valence-corrected chi connectivity index (χ1v) is 17.6. The number of hydrogen-bond acceptors (Lipinski definition) is 9. The number of aryl methyl sites for hydroxylation is 2. The van der Waals surface area contributed by atoms with Gasteiger partial charge in [-0.2, -0.15) is 9.78 Å². The van der Waals surface area contributed by atoms with Crippen molar-refractivity contribution in [3.05, 3.63) is 70.8 Å². The van der Waals surface area contributed by atoms with Crippen molar-refractivity contribution in [3.8, 4) is 0 Å². The molecule has 2 saturated carbocycles. The van der Waals surface area contributed by atoms with E-state index >= 15 is 0 Å². The Morgan fingerprint density at radius 3 is 1.31 bits per heavy atom. The molecule has 0 N–H and O–H groups in total. The quantitative estimate of drug-likeness (QED) is 0.125. The summed E-state index contributed by atoms with van der Waals surface area (Å²) >= 11 is 0. The number of rotatable bonds is 12. The van der Waals surface area contributed by atoms with Crippen LogP contribution in [0.4, 0.5) is 4.79 Å². The van der Waals surface area contributed by atoms with Gasteiger partial charge in [-0.3, -0.25) is 9.78 Å². The van der Waals surface area contributed by atoms with Crippen molar-refractivity contribution in [2.75, 3.05) is 0 Å². The van der Waals surface area contributed by atoms with Crippen LogP contribution >= 0.6 is 0 Å². The van der Waals surface area contributed by atoms with E-state index in [-0.39, 0.29) is 0 Å². The van der Waals surface area contributed by atoms with Crippen molar-refractivity contribution < 1.29 is 43.4 Å². The summed E-state index contributed by atoms with van der Waals surface area (Å²) in [5.41, 5.74) is 0.734. The normalized spacial score (nSPS) is 27.4. The molecule has 264 valence electrons. The largest absolute Gasteiger partial charge is 0.509 e. The lowest BCUT2D eigenvalue weighted by Gasteiger charge is -2.45. The molecule has 48 heavy (non-hydrogen) atoms. The fraction of sp³-hybridized carbons (Fsp3) is 0.615. The van der Waals surface area contributed by atoms with Crippen LogP contribution in [-0.4, -0.2) is 41.5 Å². The van der Waals surface area contributed by atoms with Crippen molar-refractivity contribution in [3.63, 3.8) is 0 Å². The van der Waals surface area contributed by atoms with E-state index in [0.29, 0.717) is 60.5 Å². The molecule has 6 unspecified atom stereocenters. The number of carbonyl (C=O) groups excluding carboxylic acids is 3. The van der Waals surface area contributed by atoms with Gasteiger partial charge in [0, 0.05) is 0 Å². The summed E-state index contributed by atoms with van der Waals surface area (Å²) in [5.74, 6) is 0.0914. The topological polar surface area (TPSA) is 107 Å². The highest BCUT2D eigenvalue weighted by molar-refractivity contribution is 5.89. The Bertz CT molecular complexity index is 1270. The summed E-state index contributed by atoms with van der Waals surface area (Å²) in [5, 5.41) is 0. The van der Waals surface area contributed by atoms with Gasteiger partial charge in [-0.05, 0) is 124 Å². The van der Waals surface area contributed by atoms with E-state index in [0.717, 1.165) is 36.8 Å². The number of carbonyl (C=O) groups is 3. The minimum Gasteiger partial charge on any atom is -0.425 e. The van der Waals surface area contributed by atoms with E-state index in [9.17, 15) is 14.4 Å². The minimum absolute atomic E-state index is 0.291. The average molecular weight is 667 g/mol. The van der Waals surface area contributed by atoms with E-state index in [4.69, 9.17) is 29.0 Å². The lowest BCUT2D eigenvalue weighted by atomic mass is 9.73. The lowest BCUT2D eigenvalue weighted by Crippen LogP contribution is -2.53. The van der Waals surface area contributed by atoms with Crippen molar-refractivity contribution >= 4 is 18.1 Å². The maximum Gasteiger partial charge on any atom is 0.509 e. The Labute approximate surface area is 285 Å². The lowest BCUT2D eigenvalue weighted by molar-refractivity contribution is -0.327. The van der Waals surface area contributed by atoms with E-state index in [1.807, 2.05) is 38.1 Å². The fourth-order valence-corrected chi connectivity index (χ4v) is 6.73. The van der Waals surface area contributed by atoms with Crippen LogP contribution in [-0.2, 0) is 41.9 Å². The molecule has 0 radical (unpaired) electrons. The number of hydrogen-bond donors (Lipinski definition) is 0. The number of benzene rings is 2. The second-order valence-corrected chi connectivity index (χ2v) is 14.6. The van der Waals surface area contributed by atoms with E-state index in [1.165, 1.54) is 0 Å². The van der Waals surface area contributed by atoms with Gasteiger partial charge in [0.05, 0.1) is 11.1 Å². The van der Waals surface area contributed by atoms with Gasteiger partial charge < -0.3 is 9.47 Å². The molecule has 0 aromatic heterocycles. The SMILES string of the molecule is CCc1ccc(C(=O)OOC2CC(C(C)C)CCC2(C)OC(=O)OC2(C)CCC(C(C)C)CC2OOC(=O)c2ccc(CC)cc2)cc1. The van der Waals surface area contributed by atoms with Gasteiger partial charge in [0.25, 0.3) is 0 Å². The van der Waals surface area contributed by atoms with Crippen molar-refractivity contribution in [2.45, 2.75) is 130 Å². The van der Waals surface area contributed by atoms with Gasteiger partial charge in [0.2, 0.25) is 0 Å². The maximum absolute atomic E-state index is 13.6. The van der Waals surface area contributed by atoms with Crippen LogP contribution in [0, 0.1) is 23.7 Å². The first-order chi connectivity index (χ1) is 22.8. The molecule has 2 aromatic rings. The van der Waals surface area contributed by atoms with Gasteiger partial charge in [0.15, 0.2) is 0 Å². The van der Waals surface area contributed by atoms with Gasteiger partial charge >= 0.3 is 18.1 Å². The zero-order valence-electron chi connectivity index (χ0n) is 29.9. The molecular formula is C39H54O9. The molecule has 0 spiro atoms. The Morgan fingerprint density at radius 1 is 0.646 bits per heavy atom. The third kappa shape index (κ3) is 9.38. The van der Waals surface area contributed by atoms with E-state index in [2.05, 4.69) is 27.7 Å². The van der Waals surface area contributed by atoms with Crippen molar-refractivity contribution in [1.82, 2.24) is 0 Å². The van der Waals surface area contributed by atoms with E-state index in [1.54, 1.807) is 38.1 Å². The highest BCUT2D eigenvalue weighted by Gasteiger charge is 2.50. The summed E-state index contributed by atoms with van der Waals surface area (Å²) in [6.45, 7) is 16.2. The highest BCUT2D eigenvalue weighted by atomic mass is 17.2. The van der Waals surface area contributed by atoms with Gasteiger partial charge in [0.1, 0.15) is 23.4 Å². The molecular weight excluding hydrogens is 612 g/mol. The molecule has 0 bridgehead atoms. The summed E-state index contributed by atoms with van der Waals surface area (Å²) in [6, 6.07) is 14.4. The minimum atomic E-state index is -1.12. The van der Waals surface area contributed by atoms with Crippen LogP contribution in [0.1, 0.15) is 126 Å². The second-order valence-electron chi connectivity index (χ2n) is 14.6. The van der Waals surface area contributed by atoms with Gasteiger partial charge in [-0.1, -0.05) is 65.8 Å². The molecule has 2 fully saturated rings. The average Bonchev–Trinajstić information content (AvgIpc) is 3.06. The predicted molar refractivity (Wildman–Crippen MR) is 181 cm³/mol. The smallest absolute Gasteiger partial charge is 0.425 e. The Hall–Kier alpha value is -3.43. The van der Waals surface area contributed by atoms with Crippen LogP contribution in [0.15, 0.2) is 48.5 Å². The molecule has 6 atom stereocenters. The molecule has 9 heteroatoms. The monoisotopic (exact) mass is 666 g/mol. The van der Waals surface area contributed by atoms with Crippen molar-refractivity contribution in [1.29, 1.82) is 0 Å². The van der Waals surface area contributed by atoms with Gasteiger partial charge in [-0.15, -0.1) is 0 Å². The predicted octanol–water partition coefficient (Wildman–Crippen LogP) is 9.01. The molecule has 9 nitrogen and oxygen atoms in total. The van der Waals surface area contributed by atoms with Gasteiger partial charge in [-0.25, -0.2) is 14.4 Å². The first-order valence-electron chi connectivity index (χ1n) is 17.6. The van der Waals surface area contributed by atoms with Crippen LogP contribution in [0.5, 0.6) is 0 Å². The summed E-state index contributed by atoms with van der Waals surface area (Å²) in [4.78, 5) is 61.5. The van der Waals surface area contributed by atoms with Crippen LogP contribution in [0.25, 0.3) is 0 Å². The Kier molecular flexibility index (Phi) is 12.7. The van der Waals surface area contributed by atoms with Crippen molar-refractivity contribution in [2.24, 2.45) is 23.7 Å². The molecule has 2 aliphatic carbocycles. The Balaban J connectivity index is 1.44. The molecule has 0 saturated heterocycles. The van der Waals surface area contributed by atoms with Crippen LogP contribution in [0.2, 0.25) is 0 Å². The third-order valence-electron chi connectivity index (χ3n) is 10.6. The number of ether oxygens (including phenoxy) is 2. The highest BCUT2D eigenvalue weighted by Crippen LogP contribution is 2.43. The molecule has 4 rings (SSSR count). The Morgan fingerprint density at radius 2 is 1.00 bits per heavy atom. The zero-order chi connectivity index (χ0) is 35.1. The van der Waals surface area contributed by atoms with Crippen LogP contribution < -0.4 is 0 Å². The molecule has 0 amide bonds. The summed E-state index contributed by atoms with van der Waals surface area (Å²) in [7, 11) is 0. The summed E-state index contributed by atoms with van der Waals surface area (Å²) in [6.07, 6.45) is 3.12. The summed E-state index contributed by atoms with van der Waals surface area (Å²) < 4.78 is 12.1. The van der Waals surface area contributed by atoms with E-state index < -0.39 is 41.5 Å². The molecule has 2 aromatic carbocycles.